The second kappa shape index (κ2) is 10.5. The van der Waals surface area contributed by atoms with Crippen molar-refractivity contribution in [2.24, 2.45) is 0 Å². The third-order valence-electron chi connectivity index (χ3n) is 5.88. The maximum atomic E-state index is 12.7. The second-order valence-corrected chi connectivity index (χ2v) is 10.3. The molecule has 12 heteroatoms. The number of rotatable bonds is 8. The van der Waals surface area contributed by atoms with Crippen LogP contribution in [-0.4, -0.2) is 57.8 Å². The van der Waals surface area contributed by atoms with Crippen LogP contribution in [0.1, 0.15) is 43.6 Å². The van der Waals surface area contributed by atoms with Gasteiger partial charge in [-0.15, -0.1) is 0 Å². The quantitative estimate of drug-likeness (QED) is 0.237. The summed E-state index contributed by atoms with van der Waals surface area (Å²) < 4.78 is 43.5. The van der Waals surface area contributed by atoms with Gasteiger partial charge in [0.1, 0.15) is 17.4 Å². The predicted octanol–water partition coefficient (Wildman–Crippen LogP) is 4.04. The fraction of sp³-hybridized carbons (Fsp3) is 0.417. The van der Waals surface area contributed by atoms with Crippen LogP contribution in [0, 0.1) is 0 Å². The number of nitrogens with zero attached hydrogens (tertiary/aromatic N) is 3. The highest BCUT2D eigenvalue weighted by Crippen LogP contribution is 2.40. The summed E-state index contributed by atoms with van der Waals surface area (Å²) in [5.41, 5.74) is 1.79. The number of aromatic nitrogens is 1. The fourth-order valence-electron chi connectivity index (χ4n) is 4.26. The Morgan fingerprint density at radius 2 is 1.89 bits per heavy atom. The van der Waals surface area contributed by atoms with Crippen molar-refractivity contribution in [3.8, 4) is 0 Å². The molecule has 1 aromatic carbocycles. The monoisotopic (exact) mass is 524 g/mol. The zero-order valence-corrected chi connectivity index (χ0v) is 21.0. The molecule has 194 valence electrons. The number of hydrogen-bond donors (Lipinski definition) is 1. The molecular formula is C24H27F3N4O4S. The summed E-state index contributed by atoms with van der Waals surface area (Å²) in [6, 6.07) is 6.31. The number of alkyl halides is 3. The van der Waals surface area contributed by atoms with Crippen molar-refractivity contribution in [1.82, 2.24) is 9.88 Å². The Balaban J connectivity index is 1.96. The normalized spacial score (nSPS) is 17.9. The molecule has 2 aromatic rings. The molecule has 1 unspecified atom stereocenters. The van der Waals surface area contributed by atoms with Gasteiger partial charge < -0.3 is 15.4 Å². The number of halogens is 3. The largest absolute Gasteiger partial charge is 0.459 e. The number of carbonyl (C=O) groups excluding carboxylic acids is 3. The van der Waals surface area contributed by atoms with E-state index in [1.165, 1.54) is 30.5 Å². The van der Waals surface area contributed by atoms with E-state index in [4.69, 9.17) is 10.5 Å². The van der Waals surface area contributed by atoms with E-state index in [0.717, 1.165) is 0 Å². The third kappa shape index (κ3) is 5.98. The van der Waals surface area contributed by atoms with Crippen LogP contribution in [0.3, 0.4) is 0 Å². The van der Waals surface area contributed by atoms with Gasteiger partial charge in [-0.25, -0.2) is 9.78 Å². The third-order valence-corrected chi connectivity index (χ3v) is 6.62. The lowest BCUT2D eigenvalue weighted by atomic mass is 9.90. The van der Waals surface area contributed by atoms with Gasteiger partial charge in [-0.2, -0.15) is 13.2 Å². The number of anilines is 2. The second-order valence-electron chi connectivity index (χ2n) is 9.11. The molecule has 8 nitrogen and oxygen atoms in total. The van der Waals surface area contributed by atoms with Crippen LogP contribution in [0.15, 0.2) is 41.4 Å². The highest BCUT2D eigenvalue weighted by atomic mass is 32.2. The summed E-state index contributed by atoms with van der Waals surface area (Å²) in [6.07, 6.45) is 1.33. The van der Waals surface area contributed by atoms with Crippen LogP contribution < -0.4 is 10.6 Å². The summed E-state index contributed by atoms with van der Waals surface area (Å²) in [7, 11) is 0. The Kier molecular flexibility index (Phi) is 7.99. The van der Waals surface area contributed by atoms with E-state index in [0.29, 0.717) is 11.3 Å². The zero-order valence-electron chi connectivity index (χ0n) is 20.2. The van der Waals surface area contributed by atoms with E-state index in [1.807, 2.05) is 4.90 Å². The number of aldehydes is 1. The van der Waals surface area contributed by atoms with Gasteiger partial charge in [0.05, 0.1) is 12.8 Å². The summed E-state index contributed by atoms with van der Waals surface area (Å²) in [6.45, 7) is 7.31. The summed E-state index contributed by atoms with van der Waals surface area (Å²) in [5, 5.41) is 0. The number of pyridine rings is 1. The molecule has 2 heterocycles. The Labute approximate surface area is 211 Å². The van der Waals surface area contributed by atoms with Crippen LogP contribution >= 0.6 is 11.8 Å². The molecule has 1 fully saturated rings. The standard InChI is InChI=1S/C24H27F3N4O4S/c1-14(2)35-22(34)19-15(9-10-29-21(19)28)11-30-13-31(20(18(33)12-32)23(30,3)4)16-5-7-17(8-6-16)36-24(25,26)27/h5-10,12,14,20H,11,13H2,1-4H3,(H2,28,29). The lowest BCUT2D eigenvalue weighted by Crippen LogP contribution is -2.51. The highest BCUT2D eigenvalue weighted by molar-refractivity contribution is 8.00. The molecule has 0 aliphatic carbocycles. The van der Waals surface area contributed by atoms with Crippen molar-refractivity contribution in [2.75, 3.05) is 17.3 Å². The molecule has 3 rings (SSSR count). The summed E-state index contributed by atoms with van der Waals surface area (Å²) >= 11 is -0.238. The van der Waals surface area contributed by atoms with Crippen molar-refractivity contribution in [3.63, 3.8) is 0 Å². The van der Waals surface area contributed by atoms with E-state index in [2.05, 4.69) is 4.98 Å². The van der Waals surface area contributed by atoms with Crippen molar-refractivity contribution < 1.29 is 32.3 Å². The zero-order chi connectivity index (χ0) is 26.8. The highest BCUT2D eigenvalue weighted by Gasteiger charge is 2.50. The van der Waals surface area contributed by atoms with Crippen LogP contribution in [-0.2, 0) is 20.9 Å². The van der Waals surface area contributed by atoms with Gasteiger partial charge in [-0.3, -0.25) is 14.5 Å². The first-order valence-corrected chi connectivity index (χ1v) is 11.9. The SMILES string of the molecule is CC(C)OC(=O)c1c(CN2CN(c3ccc(SC(F)(F)F)cc3)C(C(=O)C=O)C2(C)C)ccnc1N. The number of hydrogen-bond acceptors (Lipinski definition) is 9. The van der Waals surface area contributed by atoms with Crippen molar-refractivity contribution in [1.29, 1.82) is 0 Å². The molecule has 1 aliphatic rings. The van der Waals surface area contributed by atoms with Crippen molar-refractivity contribution in [2.45, 2.75) is 62.3 Å². The number of ketones is 1. The topological polar surface area (TPSA) is 106 Å². The van der Waals surface area contributed by atoms with E-state index in [1.54, 1.807) is 38.7 Å². The average molecular weight is 525 g/mol. The first-order valence-electron chi connectivity index (χ1n) is 11.1. The molecule has 2 N–H and O–H groups in total. The molecule has 36 heavy (non-hydrogen) atoms. The first-order chi connectivity index (χ1) is 16.7. The molecular weight excluding hydrogens is 497 g/mol. The number of nitrogens with two attached hydrogens (primary N) is 1. The molecule has 0 spiro atoms. The van der Waals surface area contributed by atoms with Gasteiger partial charge >= 0.3 is 11.5 Å². The van der Waals surface area contributed by atoms with Gasteiger partial charge in [0.2, 0.25) is 5.78 Å². The molecule has 0 bridgehead atoms. The molecule has 1 aliphatic heterocycles. The van der Waals surface area contributed by atoms with Crippen molar-refractivity contribution >= 4 is 41.3 Å². The van der Waals surface area contributed by atoms with Crippen LogP contribution in [0.25, 0.3) is 0 Å². The average Bonchev–Trinajstić information content (AvgIpc) is 3.02. The van der Waals surface area contributed by atoms with Gasteiger partial charge in [0.25, 0.3) is 0 Å². The summed E-state index contributed by atoms with van der Waals surface area (Å²) in [5.74, 6) is -1.30. The number of esters is 1. The molecule has 1 aromatic heterocycles. The Morgan fingerprint density at radius 1 is 1.25 bits per heavy atom. The Morgan fingerprint density at radius 3 is 2.44 bits per heavy atom. The Bertz CT molecular complexity index is 1140. The summed E-state index contributed by atoms with van der Waals surface area (Å²) in [4.78, 5) is 44.5. The lowest BCUT2D eigenvalue weighted by Gasteiger charge is -2.34. The van der Waals surface area contributed by atoms with E-state index >= 15 is 0 Å². The van der Waals surface area contributed by atoms with Gasteiger partial charge in [-0.05, 0) is 75.4 Å². The Hall–Kier alpha value is -3.12. The smallest absolute Gasteiger partial charge is 0.446 e. The number of nitrogen functional groups attached to an aromatic ring is 1. The van der Waals surface area contributed by atoms with Crippen LogP contribution in [0.4, 0.5) is 24.7 Å². The maximum Gasteiger partial charge on any atom is 0.446 e. The van der Waals surface area contributed by atoms with E-state index in [9.17, 15) is 27.6 Å². The molecule has 0 radical (unpaired) electrons. The number of ether oxygens (including phenoxy) is 1. The minimum atomic E-state index is -4.43. The van der Waals surface area contributed by atoms with E-state index < -0.39 is 28.8 Å². The van der Waals surface area contributed by atoms with Crippen LogP contribution in [0.5, 0.6) is 0 Å². The number of thioether (sulfide) groups is 1. The van der Waals surface area contributed by atoms with Crippen molar-refractivity contribution in [3.05, 3.63) is 47.7 Å². The maximum absolute atomic E-state index is 12.7. The lowest BCUT2D eigenvalue weighted by molar-refractivity contribution is -0.131. The first kappa shape index (κ1) is 27.5. The number of Topliss-reactive ketones (excluding diaryl/α,β-unsaturated/α-hetero) is 1. The molecule has 0 saturated carbocycles. The van der Waals surface area contributed by atoms with Gasteiger partial charge in [0.15, 0.2) is 6.29 Å². The predicted molar refractivity (Wildman–Crippen MR) is 129 cm³/mol. The van der Waals surface area contributed by atoms with Crippen LogP contribution in [0.2, 0.25) is 0 Å². The minimum absolute atomic E-state index is 0.000365. The number of carbonyl (C=O) groups is 3. The molecule has 1 atom stereocenters. The fourth-order valence-corrected chi connectivity index (χ4v) is 4.80. The van der Waals surface area contributed by atoms with Gasteiger partial charge in [0, 0.05) is 28.9 Å². The number of benzene rings is 1. The van der Waals surface area contributed by atoms with Gasteiger partial charge in [-0.1, -0.05) is 0 Å². The molecule has 1 saturated heterocycles. The molecule has 0 amide bonds. The van der Waals surface area contributed by atoms with E-state index in [-0.39, 0.29) is 53.6 Å². The minimum Gasteiger partial charge on any atom is -0.459 e.